The van der Waals surface area contributed by atoms with Crippen LogP contribution in [0.4, 0.5) is 5.69 Å². The fraction of sp³-hybridized carbons (Fsp3) is 0.250. The van der Waals surface area contributed by atoms with E-state index in [4.69, 9.17) is 0 Å². The van der Waals surface area contributed by atoms with Crippen molar-refractivity contribution in [2.24, 2.45) is 11.0 Å². The van der Waals surface area contributed by atoms with Gasteiger partial charge in [0.25, 0.3) is 5.91 Å². The predicted octanol–water partition coefficient (Wildman–Crippen LogP) is 3.50. The number of nitrogens with zero attached hydrogens (tertiary/aromatic N) is 1. The first-order valence-corrected chi connectivity index (χ1v) is 8.36. The molecule has 5 heteroatoms. The fourth-order valence-corrected chi connectivity index (χ4v) is 2.47. The van der Waals surface area contributed by atoms with E-state index in [-0.39, 0.29) is 17.7 Å². The molecule has 1 fully saturated rings. The molecular weight excluding hydrogens is 314 g/mol. The van der Waals surface area contributed by atoms with Crippen LogP contribution in [-0.4, -0.2) is 17.5 Å². The van der Waals surface area contributed by atoms with E-state index in [1.54, 1.807) is 6.07 Å². The van der Waals surface area contributed by atoms with E-state index in [9.17, 15) is 9.59 Å². The molecule has 5 nitrogen and oxygen atoms in total. The highest BCUT2D eigenvalue weighted by Crippen LogP contribution is 2.30. The minimum absolute atomic E-state index is 0.0867. The molecule has 128 valence electrons. The number of carbonyl (C=O) groups excluding carboxylic acids is 2. The van der Waals surface area contributed by atoms with Crippen molar-refractivity contribution in [1.29, 1.82) is 0 Å². The van der Waals surface area contributed by atoms with Crippen LogP contribution in [0.5, 0.6) is 0 Å². The first-order chi connectivity index (χ1) is 12.0. The molecule has 25 heavy (non-hydrogen) atoms. The van der Waals surface area contributed by atoms with Crippen LogP contribution in [0.2, 0.25) is 0 Å². The molecule has 0 aliphatic heterocycles. The van der Waals surface area contributed by atoms with Gasteiger partial charge in [0.15, 0.2) is 0 Å². The minimum Gasteiger partial charge on any atom is -0.326 e. The van der Waals surface area contributed by atoms with Gasteiger partial charge in [-0.25, -0.2) is 5.43 Å². The van der Waals surface area contributed by atoms with Crippen LogP contribution in [0, 0.1) is 12.8 Å². The summed E-state index contributed by atoms with van der Waals surface area (Å²) in [4.78, 5) is 23.9. The molecule has 3 rings (SSSR count). The molecular formula is C20H21N3O2. The van der Waals surface area contributed by atoms with Gasteiger partial charge in [-0.2, -0.15) is 5.10 Å². The SMILES string of the molecule is CC(=NNC(=O)c1ccccc1C)c1ccc(NC(=O)C2CC2)cc1. The zero-order chi connectivity index (χ0) is 17.8. The smallest absolute Gasteiger partial charge is 0.271 e. The van der Waals surface area contributed by atoms with Gasteiger partial charge in [-0.1, -0.05) is 30.3 Å². The Morgan fingerprint density at radius 1 is 1.04 bits per heavy atom. The van der Waals surface area contributed by atoms with Crippen LogP contribution in [0.1, 0.15) is 41.3 Å². The van der Waals surface area contributed by atoms with Crippen molar-refractivity contribution in [3.05, 3.63) is 65.2 Å². The largest absolute Gasteiger partial charge is 0.326 e. The van der Waals surface area contributed by atoms with Gasteiger partial charge in [-0.3, -0.25) is 9.59 Å². The van der Waals surface area contributed by atoms with Crippen LogP contribution in [-0.2, 0) is 4.79 Å². The van der Waals surface area contributed by atoms with E-state index < -0.39 is 0 Å². The molecule has 0 spiro atoms. The Kier molecular flexibility index (Phi) is 4.93. The van der Waals surface area contributed by atoms with E-state index in [1.165, 1.54) is 0 Å². The monoisotopic (exact) mass is 335 g/mol. The molecule has 0 bridgehead atoms. The second-order valence-electron chi connectivity index (χ2n) is 6.29. The molecule has 0 saturated heterocycles. The number of amides is 2. The first kappa shape index (κ1) is 16.9. The summed E-state index contributed by atoms with van der Waals surface area (Å²) < 4.78 is 0. The van der Waals surface area contributed by atoms with Gasteiger partial charge >= 0.3 is 0 Å². The third kappa shape index (κ3) is 4.32. The van der Waals surface area contributed by atoms with Crippen molar-refractivity contribution in [2.75, 3.05) is 5.32 Å². The fourth-order valence-electron chi connectivity index (χ4n) is 2.47. The van der Waals surface area contributed by atoms with Gasteiger partial charge < -0.3 is 5.32 Å². The molecule has 1 saturated carbocycles. The number of rotatable bonds is 5. The Bertz CT molecular complexity index is 821. The van der Waals surface area contributed by atoms with Gasteiger partial charge in [-0.15, -0.1) is 0 Å². The molecule has 0 radical (unpaired) electrons. The van der Waals surface area contributed by atoms with E-state index in [2.05, 4.69) is 15.8 Å². The summed E-state index contributed by atoms with van der Waals surface area (Å²) in [7, 11) is 0. The zero-order valence-electron chi connectivity index (χ0n) is 14.4. The lowest BCUT2D eigenvalue weighted by Crippen LogP contribution is -2.20. The van der Waals surface area contributed by atoms with E-state index in [0.717, 1.165) is 29.7 Å². The van der Waals surface area contributed by atoms with Crippen LogP contribution in [0.25, 0.3) is 0 Å². The molecule has 2 N–H and O–H groups in total. The number of aryl methyl sites for hydroxylation is 1. The first-order valence-electron chi connectivity index (χ1n) is 8.36. The number of hydrogen-bond donors (Lipinski definition) is 2. The molecule has 0 atom stereocenters. The molecule has 0 unspecified atom stereocenters. The maximum atomic E-state index is 12.2. The third-order valence-electron chi connectivity index (χ3n) is 4.23. The lowest BCUT2D eigenvalue weighted by atomic mass is 10.1. The molecule has 1 aliphatic rings. The van der Waals surface area contributed by atoms with Crippen LogP contribution in [0.3, 0.4) is 0 Å². The number of benzene rings is 2. The minimum atomic E-state index is -0.231. The van der Waals surface area contributed by atoms with Gasteiger partial charge in [0.05, 0.1) is 5.71 Å². The van der Waals surface area contributed by atoms with E-state index in [0.29, 0.717) is 11.3 Å². The van der Waals surface area contributed by atoms with Crippen molar-refractivity contribution in [2.45, 2.75) is 26.7 Å². The maximum Gasteiger partial charge on any atom is 0.271 e. The summed E-state index contributed by atoms with van der Waals surface area (Å²) >= 11 is 0. The zero-order valence-corrected chi connectivity index (χ0v) is 14.4. The number of carbonyl (C=O) groups is 2. The third-order valence-corrected chi connectivity index (χ3v) is 4.23. The highest BCUT2D eigenvalue weighted by Gasteiger charge is 2.29. The second kappa shape index (κ2) is 7.30. The Balaban J connectivity index is 1.62. The molecule has 2 aromatic rings. The van der Waals surface area contributed by atoms with Crippen molar-refractivity contribution in [1.82, 2.24) is 5.43 Å². The topological polar surface area (TPSA) is 70.6 Å². The van der Waals surface area contributed by atoms with Crippen molar-refractivity contribution in [3.63, 3.8) is 0 Å². The quantitative estimate of drug-likeness (QED) is 0.648. The van der Waals surface area contributed by atoms with Gasteiger partial charge in [0, 0.05) is 17.2 Å². The number of anilines is 1. The van der Waals surface area contributed by atoms with Gasteiger partial charge in [-0.05, 0) is 56.0 Å². The Morgan fingerprint density at radius 3 is 2.36 bits per heavy atom. The molecule has 0 aromatic heterocycles. The Labute approximate surface area is 147 Å². The highest BCUT2D eigenvalue weighted by molar-refractivity contribution is 6.01. The molecule has 2 aromatic carbocycles. The second-order valence-corrected chi connectivity index (χ2v) is 6.29. The highest BCUT2D eigenvalue weighted by atomic mass is 16.2. The van der Waals surface area contributed by atoms with Gasteiger partial charge in [0.2, 0.25) is 5.91 Å². The molecule has 0 heterocycles. The summed E-state index contributed by atoms with van der Waals surface area (Å²) in [5.41, 5.74) is 6.46. The molecule has 2 amide bonds. The standard InChI is InChI=1S/C20H21N3O2/c1-13-5-3-4-6-18(13)20(25)23-22-14(2)15-9-11-17(12-10-15)21-19(24)16-7-8-16/h3-6,9-12,16H,7-8H2,1-2H3,(H,21,24)(H,23,25). The average molecular weight is 335 g/mol. The summed E-state index contributed by atoms with van der Waals surface area (Å²) in [6.45, 7) is 3.72. The van der Waals surface area contributed by atoms with Gasteiger partial charge in [0.1, 0.15) is 0 Å². The van der Waals surface area contributed by atoms with Crippen molar-refractivity contribution >= 4 is 23.2 Å². The van der Waals surface area contributed by atoms with E-state index >= 15 is 0 Å². The summed E-state index contributed by atoms with van der Waals surface area (Å²) in [5, 5.41) is 7.07. The lowest BCUT2D eigenvalue weighted by molar-refractivity contribution is -0.117. The normalized spacial score (nSPS) is 14.1. The number of hydrogen-bond acceptors (Lipinski definition) is 3. The summed E-state index contributed by atoms with van der Waals surface area (Å²) in [6, 6.07) is 14.8. The lowest BCUT2D eigenvalue weighted by Gasteiger charge is -2.07. The Hall–Kier alpha value is -2.95. The van der Waals surface area contributed by atoms with E-state index in [1.807, 2.05) is 56.3 Å². The number of hydrazone groups is 1. The van der Waals surface area contributed by atoms with Crippen molar-refractivity contribution in [3.8, 4) is 0 Å². The maximum absolute atomic E-state index is 12.2. The van der Waals surface area contributed by atoms with Crippen LogP contribution >= 0.6 is 0 Å². The summed E-state index contributed by atoms with van der Waals surface area (Å²) in [5.74, 6) is 0.0361. The molecule has 1 aliphatic carbocycles. The Morgan fingerprint density at radius 2 is 1.72 bits per heavy atom. The van der Waals surface area contributed by atoms with Crippen molar-refractivity contribution < 1.29 is 9.59 Å². The van der Waals surface area contributed by atoms with Crippen LogP contribution in [0.15, 0.2) is 53.6 Å². The van der Waals surface area contributed by atoms with Crippen LogP contribution < -0.4 is 10.7 Å². The summed E-state index contributed by atoms with van der Waals surface area (Å²) in [6.07, 6.45) is 1.96. The average Bonchev–Trinajstić information content (AvgIpc) is 3.45. The number of nitrogens with one attached hydrogen (secondary N) is 2. The predicted molar refractivity (Wildman–Crippen MR) is 98.7 cm³/mol.